The average molecular weight is 392 g/mol. The number of para-hydroxylation sites is 1. The predicted octanol–water partition coefficient (Wildman–Crippen LogP) is 3.21. The SMILES string of the molecule is CCN(CC)c1nc(N2CCN(c3nc(C)cc(C)n3)CC2)nc2ccccc12. The third-order valence-corrected chi connectivity index (χ3v) is 5.45. The van der Waals surface area contributed by atoms with Crippen LogP contribution in [0.2, 0.25) is 0 Å². The van der Waals surface area contributed by atoms with Crippen LogP contribution in [0, 0.1) is 13.8 Å². The zero-order chi connectivity index (χ0) is 20.4. The number of aryl methyl sites for hydroxylation is 2. The Kier molecular flexibility index (Phi) is 5.47. The number of benzene rings is 1. The van der Waals surface area contributed by atoms with Crippen molar-refractivity contribution in [3.63, 3.8) is 0 Å². The molecule has 1 saturated heterocycles. The van der Waals surface area contributed by atoms with Crippen LogP contribution in [0.15, 0.2) is 30.3 Å². The molecule has 0 N–H and O–H groups in total. The number of rotatable bonds is 5. The van der Waals surface area contributed by atoms with E-state index in [4.69, 9.17) is 9.97 Å². The minimum Gasteiger partial charge on any atom is -0.356 e. The van der Waals surface area contributed by atoms with Crippen molar-refractivity contribution in [3.05, 3.63) is 41.7 Å². The van der Waals surface area contributed by atoms with Crippen LogP contribution in [0.25, 0.3) is 10.9 Å². The van der Waals surface area contributed by atoms with Gasteiger partial charge in [0.15, 0.2) is 0 Å². The zero-order valence-electron chi connectivity index (χ0n) is 17.8. The Morgan fingerprint density at radius 3 is 1.93 bits per heavy atom. The van der Waals surface area contributed by atoms with Gasteiger partial charge in [-0.05, 0) is 45.9 Å². The summed E-state index contributed by atoms with van der Waals surface area (Å²) < 4.78 is 0. The maximum atomic E-state index is 4.98. The van der Waals surface area contributed by atoms with Crippen LogP contribution in [0.1, 0.15) is 25.2 Å². The molecule has 3 heterocycles. The van der Waals surface area contributed by atoms with Crippen molar-refractivity contribution < 1.29 is 0 Å². The zero-order valence-corrected chi connectivity index (χ0v) is 17.8. The van der Waals surface area contributed by atoms with Gasteiger partial charge in [0.1, 0.15) is 5.82 Å². The highest BCUT2D eigenvalue weighted by Crippen LogP contribution is 2.27. The molecule has 1 aliphatic heterocycles. The summed E-state index contributed by atoms with van der Waals surface area (Å²) in [6.45, 7) is 13.7. The van der Waals surface area contributed by atoms with E-state index in [-0.39, 0.29) is 0 Å². The lowest BCUT2D eigenvalue weighted by Crippen LogP contribution is -2.48. The molecule has 7 heteroatoms. The predicted molar refractivity (Wildman–Crippen MR) is 119 cm³/mol. The monoisotopic (exact) mass is 391 g/mol. The minimum atomic E-state index is 0.812. The molecular formula is C22H29N7. The minimum absolute atomic E-state index is 0.812. The Hall–Kier alpha value is -2.96. The topological polar surface area (TPSA) is 61.3 Å². The van der Waals surface area contributed by atoms with Gasteiger partial charge in [0.25, 0.3) is 0 Å². The summed E-state index contributed by atoms with van der Waals surface area (Å²) in [6, 6.07) is 10.3. The van der Waals surface area contributed by atoms with Gasteiger partial charge in [-0.1, -0.05) is 12.1 Å². The summed E-state index contributed by atoms with van der Waals surface area (Å²) in [6.07, 6.45) is 0. The standard InChI is InChI=1S/C22H29N7/c1-5-27(6-2)20-18-9-7-8-10-19(18)25-22(26-20)29-13-11-28(12-14-29)21-23-16(3)15-17(4)24-21/h7-10,15H,5-6,11-14H2,1-4H3. The van der Waals surface area contributed by atoms with Gasteiger partial charge in [0, 0.05) is 56.0 Å². The van der Waals surface area contributed by atoms with Gasteiger partial charge in [-0.15, -0.1) is 0 Å². The summed E-state index contributed by atoms with van der Waals surface area (Å²) in [7, 11) is 0. The number of piperazine rings is 1. The second-order valence-corrected chi connectivity index (χ2v) is 7.46. The molecule has 0 spiro atoms. The summed E-state index contributed by atoms with van der Waals surface area (Å²) in [5.74, 6) is 2.66. The normalized spacial score (nSPS) is 14.5. The first-order valence-corrected chi connectivity index (χ1v) is 10.4. The van der Waals surface area contributed by atoms with Gasteiger partial charge in [0.05, 0.1) is 5.52 Å². The molecule has 2 aromatic heterocycles. The average Bonchev–Trinajstić information content (AvgIpc) is 2.74. The number of hydrogen-bond acceptors (Lipinski definition) is 7. The molecule has 7 nitrogen and oxygen atoms in total. The van der Waals surface area contributed by atoms with Crippen molar-refractivity contribution >= 4 is 28.6 Å². The maximum Gasteiger partial charge on any atom is 0.228 e. The molecule has 4 rings (SSSR count). The highest BCUT2D eigenvalue weighted by atomic mass is 15.4. The first kappa shape index (κ1) is 19.4. The highest BCUT2D eigenvalue weighted by molar-refractivity contribution is 5.90. The van der Waals surface area contributed by atoms with E-state index in [0.29, 0.717) is 0 Å². The van der Waals surface area contributed by atoms with E-state index < -0.39 is 0 Å². The Morgan fingerprint density at radius 2 is 1.34 bits per heavy atom. The molecule has 0 bridgehead atoms. The molecule has 1 aliphatic rings. The Morgan fingerprint density at radius 1 is 0.793 bits per heavy atom. The number of aromatic nitrogens is 4. The lowest BCUT2D eigenvalue weighted by molar-refractivity contribution is 0.627. The fourth-order valence-corrected chi connectivity index (χ4v) is 3.91. The van der Waals surface area contributed by atoms with E-state index in [0.717, 1.165) is 79.3 Å². The van der Waals surface area contributed by atoms with E-state index in [1.165, 1.54) is 0 Å². The molecule has 1 fully saturated rings. The van der Waals surface area contributed by atoms with Crippen molar-refractivity contribution in [3.8, 4) is 0 Å². The first-order valence-electron chi connectivity index (χ1n) is 10.4. The lowest BCUT2D eigenvalue weighted by atomic mass is 10.2. The third-order valence-electron chi connectivity index (χ3n) is 5.45. The molecule has 152 valence electrons. The van der Waals surface area contributed by atoms with Gasteiger partial charge >= 0.3 is 0 Å². The van der Waals surface area contributed by atoms with E-state index in [1.54, 1.807) is 0 Å². The van der Waals surface area contributed by atoms with E-state index in [9.17, 15) is 0 Å². The van der Waals surface area contributed by atoms with E-state index in [2.05, 4.69) is 56.7 Å². The van der Waals surface area contributed by atoms with Gasteiger partial charge < -0.3 is 14.7 Å². The molecule has 1 aromatic carbocycles. The first-order chi connectivity index (χ1) is 14.1. The number of anilines is 3. The fraction of sp³-hybridized carbons (Fsp3) is 0.455. The Bertz CT molecular complexity index is 971. The second-order valence-electron chi connectivity index (χ2n) is 7.46. The van der Waals surface area contributed by atoms with Crippen LogP contribution in [-0.2, 0) is 0 Å². The molecule has 3 aromatic rings. The van der Waals surface area contributed by atoms with Crippen LogP contribution in [-0.4, -0.2) is 59.2 Å². The number of hydrogen-bond donors (Lipinski definition) is 0. The molecule has 0 amide bonds. The van der Waals surface area contributed by atoms with E-state index in [1.807, 2.05) is 26.0 Å². The Labute approximate surface area is 172 Å². The molecule has 0 aliphatic carbocycles. The smallest absolute Gasteiger partial charge is 0.228 e. The van der Waals surface area contributed by atoms with Crippen LogP contribution in [0.4, 0.5) is 17.7 Å². The van der Waals surface area contributed by atoms with Crippen molar-refractivity contribution in [1.29, 1.82) is 0 Å². The highest BCUT2D eigenvalue weighted by Gasteiger charge is 2.23. The third kappa shape index (κ3) is 3.95. The van der Waals surface area contributed by atoms with Crippen LogP contribution in [0.3, 0.4) is 0 Å². The van der Waals surface area contributed by atoms with Gasteiger partial charge in [-0.2, -0.15) is 4.98 Å². The summed E-state index contributed by atoms with van der Waals surface area (Å²) >= 11 is 0. The van der Waals surface area contributed by atoms with Crippen molar-refractivity contribution in [2.75, 3.05) is 54.0 Å². The number of nitrogens with zero attached hydrogens (tertiary/aromatic N) is 7. The van der Waals surface area contributed by atoms with Crippen molar-refractivity contribution in [2.45, 2.75) is 27.7 Å². The summed E-state index contributed by atoms with van der Waals surface area (Å²) in [4.78, 5) is 25.9. The molecule has 0 atom stereocenters. The van der Waals surface area contributed by atoms with Gasteiger partial charge in [-0.3, -0.25) is 0 Å². The van der Waals surface area contributed by atoms with Gasteiger partial charge in [0.2, 0.25) is 11.9 Å². The van der Waals surface area contributed by atoms with Crippen molar-refractivity contribution in [2.24, 2.45) is 0 Å². The fourth-order valence-electron chi connectivity index (χ4n) is 3.91. The molecular weight excluding hydrogens is 362 g/mol. The van der Waals surface area contributed by atoms with Crippen molar-refractivity contribution in [1.82, 2.24) is 19.9 Å². The summed E-state index contributed by atoms with van der Waals surface area (Å²) in [5.41, 5.74) is 3.02. The molecule has 0 unspecified atom stereocenters. The second kappa shape index (κ2) is 8.19. The molecule has 29 heavy (non-hydrogen) atoms. The molecule has 0 saturated carbocycles. The Balaban J connectivity index is 1.59. The number of fused-ring (bicyclic) bond motifs is 1. The van der Waals surface area contributed by atoms with Crippen LogP contribution >= 0.6 is 0 Å². The lowest BCUT2D eigenvalue weighted by Gasteiger charge is -2.35. The quantitative estimate of drug-likeness (QED) is 0.662. The largest absolute Gasteiger partial charge is 0.356 e. The van der Waals surface area contributed by atoms with Crippen LogP contribution < -0.4 is 14.7 Å². The summed E-state index contributed by atoms with van der Waals surface area (Å²) in [5, 5.41) is 1.11. The molecule has 0 radical (unpaired) electrons. The van der Waals surface area contributed by atoms with E-state index >= 15 is 0 Å². The van der Waals surface area contributed by atoms with Crippen LogP contribution in [0.5, 0.6) is 0 Å². The maximum absolute atomic E-state index is 4.98. The van der Waals surface area contributed by atoms with Gasteiger partial charge in [-0.25, -0.2) is 15.0 Å².